The van der Waals surface area contributed by atoms with E-state index in [9.17, 15) is 9.59 Å². The van der Waals surface area contributed by atoms with Gasteiger partial charge in [0.05, 0.1) is 24.4 Å². The third-order valence-electron chi connectivity index (χ3n) is 3.88. The fraction of sp³-hybridized carbons (Fsp3) is 0.0476. The fourth-order valence-electron chi connectivity index (χ4n) is 2.46. The first-order chi connectivity index (χ1) is 13.6. The predicted molar refractivity (Wildman–Crippen MR) is 104 cm³/mol. The molecule has 0 aliphatic carbocycles. The molecule has 2 aromatic carbocycles. The normalized spacial score (nSPS) is 9.86. The number of amides is 2. The lowest BCUT2D eigenvalue weighted by molar-refractivity contribution is 0.102. The van der Waals surface area contributed by atoms with Crippen LogP contribution in [0.5, 0.6) is 5.75 Å². The van der Waals surface area contributed by atoms with E-state index >= 15 is 0 Å². The highest BCUT2D eigenvalue weighted by atomic mass is 16.5. The number of pyridine rings is 1. The molecular formula is C21H16N4O3. The van der Waals surface area contributed by atoms with Crippen LogP contribution in [0.15, 0.2) is 66.9 Å². The summed E-state index contributed by atoms with van der Waals surface area (Å²) in [7, 11) is 1.51. The number of hydrogen-bond acceptors (Lipinski definition) is 5. The highest BCUT2D eigenvalue weighted by Crippen LogP contribution is 2.23. The molecule has 1 aromatic heterocycles. The Kier molecular flexibility index (Phi) is 5.63. The monoisotopic (exact) mass is 372 g/mol. The minimum Gasteiger partial charge on any atom is -0.495 e. The van der Waals surface area contributed by atoms with E-state index in [1.807, 2.05) is 6.07 Å². The Morgan fingerprint density at radius 2 is 1.75 bits per heavy atom. The molecule has 0 saturated heterocycles. The molecule has 1 heterocycles. The van der Waals surface area contributed by atoms with Crippen molar-refractivity contribution in [3.05, 3.63) is 83.7 Å². The summed E-state index contributed by atoms with van der Waals surface area (Å²) in [5.41, 5.74) is 1.92. The largest absolute Gasteiger partial charge is 0.495 e. The number of carbonyl (C=O) groups excluding carboxylic acids is 2. The van der Waals surface area contributed by atoms with Crippen molar-refractivity contribution >= 4 is 23.2 Å². The Morgan fingerprint density at radius 1 is 1.00 bits per heavy atom. The Bertz CT molecular complexity index is 1060. The average Bonchev–Trinajstić information content (AvgIpc) is 2.74. The summed E-state index contributed by atoms with van der Waals surface area (Å²) in [5, 5.41) is 14.3. The summed E-state index contributed by atoms with van der Waals surface area (Å²) in [4.78, 5) is 29.0. The quantitative estimate of drug-likeness (QED) is 0.714. The lowest BCUT2D eigenvalue weighted by Gasteiger charge is -2.10. The number of anilines is 2. The predicted octanol–water partition coefficient (Wildman–Crippen LogP) is 3.47. The lowest BCUT2D eigenvalue weighted by atomic mass is 10.2. The molecule has 0 aliphatic rings. The van der Waals surface area contributed by atoms with Crippen molar-refractivity contribution in [1.82, 2.24) is 4.98 Å². The molecule has 2 amide bonds. The number of nitriles is 1. The van der Waals surface area contributed by atoms with Gasteiger partial charge in [-0.3, -0.25) is 14.6 Å². The van der Waals surface area contributed by atoms with Crippen LogP contribution in [0.1, 0.15) is 26.4 Å². The second-order valence-electron chi connectivity index (χ2n) is 5.73. The third-order valence-corrected chi connectivity index (χ3v) is 3.88. The lowest BCUT2D eigenvalue weighted by Crippen LogP contribution is -2.17. The van der Waals surface area contributed by atoms with E-state index in [-0.39, 0.29) is 11.3 Å². The van der Waals surface area contributed by atoms with Crippen molar-refractivity contribution in [2.75, 3.05) is 17.7 Å². The molecule has 0 aliphatic heterocycles. The summed E-state index contributed by atoms with van der Waals surface area (Å²) in [6.45, 7) is 0. The zero-order chi connectivity index (χ0) is 19.9. The molecule has 3 aromatic rings. The van der Waals surface area contributed by atoms with Gasteiger partial charge in [-0.1, -0.05) is 12.1 Å². The zero-order valence-electron chi connectivity index (χ0n) is 15.0. The minimum atomic E-state index is -0.461. The van der Waals surface area contributed by atoms with E-state index in [1.165, 1.54) is 25.4 Å². The van der Waals surface area contributed by atoms with Gasteiger partial charge in [0.25, 0.3) is 11.8 Å². The van der Waals surface area contributed by atoms with Crippen LogP contribution in [0.4, 0.5) is 11.4 Å². The van der Waals surface area contributed by atoms with E-state index in [2.05, 4.69) is 15.6 Å². The summed E-state index contributed by atoms with van der Waals surface area (Å²) >= 11 is 0. The molecule has 0 saturated carbocycles. The molecule has 28 heavy (non-hydrogen) atoms. The van der Waals surface area contributed by atoms with Crippen molar-refractivity contribution in [2.45, 2.75) is 0 Å². The molecule has 0 unspecified atom stereocenters. The van der Waals surface area contributed by atoms with Gasteiger partial charge in [0, 0.05) is 17.4 Å². The Balaban J connectivity index is 1.74. The molecule has 7 heteroatoms. The number of carbonyl (C=O) groups is 2. The summed E-state index contributed by atoms with van der Waals surface area (Å²) in [6.07, 6.45) is 1.39. The highest BCUT2D eigenvalue weighted by Gasteiger charge is 2.14. The average molecular weight is 372 g/mol. The van der Waals surface area contributed by atoms with Crippen LogP contribution >= 0.6 is 0 Å². The second kappa shape index (κ2) is 8.47. The van der Waals surface area contributed by atoms with Gasteiger partial charge in [-0.2, -0.15) is 5.26 Å². The molecule has 0 radical (unpaired) electrons. The first kappa shape index (κ1) is 18.6. The summed E-state index contributed by atoms with van der Waals surface area (Å²) in [6, 6.07) is 18.4. The molecule has 2 N–H and O–H groups in total. The molecule has 7 nitrogen and oxygen atoms in total. The number of aromatic nitrogens is 1. The van der Waals surface area contributed by atoms with Crippen LogP contribution in [0.2, 0.25) is 0 Å². The van der Waals surface area contributed by atoms with Crippen molar-refractivity contribution < 1.29 is 14.3 Å². The first-order valence-corrected chi connectivity index (χ1v) is 8.32. The third kappa shape index (κ3) is 4.31. The van der Waals surface area contributed by atoms with Gasteiger partial charge in [0.1, 0.15) is 11.4 Å². The standard InChI is InChI=1S/C21H16N4O3/c1-28-19-5-3-2-4-17(19)25-21(27)18-12-15(10-11-23-18)20(26)24-16-8-6-14(13-22)7-9-16/h2-12H,1H3,(H,24,26)(H,25,27). The topological polar surface area (TPSA) is 104 Å². The molecule has 0 atom stereocenters. The van der Waals surface area contributed by atoms with E-state index in [1.54, 1.807) is 48.5 Å². The van der Waals surface area contributed by atoms with Gasteiger partial charge in [0.15, 0.2) is 0 Å². The van der Waals surface area contributed by atoms with Gasteiger partial charge in [-0.15, -0.1) is 0 Å². The Hall–Kier alpha value is -4.18. The highest BCUT2D eigenvalue weighted by molar-refractivity contribution is 6.08. The number of methoxy groups -OCH3 is 1. The maximum Gasteiger partial charge on any atom is 0.274 e. The maximum atomic E-state index is 12.5. The van der Waals surface area contributed by atoms with Crippen molar-refractivity contribution in [3.8, 4) is 11.8 Å². The van der Waals surface area contributed by atoms with Crippen molar-refractivity contribution in [3.63, 3.8) is 0 Å². The smallest absolute Gasteiger partial charge is 0.274 e. The Labute approximate surface area is 161 Å². The van der Waals surface area contributed by atoms with Crippen LogP contribution in [0.3, 0.4) is 0 Å². The zero-order valence-corrected chi connectivity index (χ0v) is 15.0. The molecule has 138 valence electrons. The number of ether oxygens (including phenoxy) is 1. The van der Waals surface area contributed by atoms with Gasteiger partial charge in [0.2, 0.25) is 0 Å². The van der Waals surface area contributed by atoms with Gasteiger partial charge < -0.3 is 15.4 Å². The first-order valence-electron chi connectivity index (χ1n) is 8.32. The van der Waals surface area contributed by atoms with Gasteiger partial charge in [-0.25, -0.2) is 0 Å². The van der Waals surface area contributed by atoms with Crippen LogP contribution in [0, 0.1) is 11.3 Å². The van der Waals surface area contributed by atoms with Crippen LogP contribution < -0.4 is 15.4 Å². The maximum absolute atomic E-state index is 12.5. The SMILES string of the molecule is COc1ccccc1NC(=O)c1cc(C(=O)Nc2ccc(C#N)cc2)ccn1. The summed E-state index contributed by atoms with van der Waals surface area (Å²) in [5.74, 6) is -0.332. The molecular weight excluding hydrogens is 356 g/mol. The van der Waals surface area contributed by atoms with Gasteiger partial charge in [-0.05, 0) is 48.5 Å². The Morgan fingerprint density at radius 3 is 2.46 bits per heavy atom. The number of rotatable bonds is 5. The second-order valence-corrected chi connectivity index (χ2v) is 5.73. The fourth-order valence-corrected chi connectivity index (χ4v) is 2.46. The molecule has 0 spiro atoms. The number of hydrogen-bond donors (Lipinski definition) is 2. The number of para-hydroxylation sites is 2. The van der Waals surface area contributed by atoms with Crippen molar-refractivity contribution in [1.29, 1.82) is 5.26 Å². The number of nitrogens with one attached hydrogen (secondary N) is 2. The van der Waals surface area contributed by atoms with Crippen molar-refractivity contribution in [2.24, 2.45) is 0 Å². The van der Waals surface area contributed by atoms with Crippen LogP contribution in [-0.2, 0) is 0 Å². The van der Waals surface area contributed by atoms with E-state index in [0.29, 0.717) is 22.7 Å². The van der Waals surface area contributed by atoms with E-state index in [4.69, 9.17) is 10.00 Å². The van der Waals surface area contributed by atoms with Crippen LogP contribution in [-0.4, -0.2) is 23.9 Å². The molecule has 0 bridgehead atoms. The number of benzene rings is 2. The molecule has 0 fully saturated rings. The molecule has 3 rings (SSSR count). The number of nitrogens with zero attached hydrogens (tertiary/aromatic N) is 2. The van der Waals surface area contributed by atoms with Crippen LogP contribution in [0.25, 0.3) is 0 Å². The van der Waals surface area contributed by atoms with Gasteiger partial charge >= 0.3 is 0 Å². The van der Waals surface area contributed by atoms with E-state index < -0.39 is 11.8 Å². The minimum absolute atomic E-state index is 0.0957. The summed E-state index contributed by atoms with van der Waals surface area (Å²) < 4.78 is 5.21. The van der Waals surface area contributed by atoms with E-state index in [0.717, 1.165) is 0 Å².